The quantitative estimate of drug-likeness (QED) is 0.0277. The first kappa shape index (κ1) is 51.4. The smallest absolute Gasteiger partial charge is 0.229 e. The lowest BCUT2D eigenvalue weighted by molar-refractivity contribution is -0.134. The van der Waals surface area contributed by atoms with Crippen LogP contribution in [0.25, 0.3) is 0 Å². The molecule has 0 aliphatic carbocycles. The molecule has 0 saturated heterocycles. The Hall–Kier alpha value is -2.72. The predicted octanol–water partition coefficient (Wildman–Crippen LogP) is -2.77. The molecule has 0 aliphatic heterocycles. The molecule has 52 heavy (non-hydrogen) atoms. The minimum atomic E-state index is -0.258. The molecule has 6 N–H and O–H groups in total. The van der Waals surface area contributed by atoms with E-state index in [0.717, 1.165) is 19.6 Å². The van der Waals surface area contributed by atoms with Crippen LogP contribution in [-0.2, 0) is 38.4 Å². The lowest BCUT2D eigenvalue weighted by Gasteiger charge is -2.23. The Morgan fingerprint density at radius 2 is 0.846 bits per heavy atom. The summed E-state index contributed by atoms with van der Waals surface area (Å²) in [7, 11) is 1.93. The van der Waals surface area contributed by atoms with Crippen LogP contribution in [0.15, 0.2) is 0 Å². The van der Waals surface area contributed by atoms with Gasteiger partial charge in [-0.05, 0) is 13.6 Å². The topological polar surface area (TPSA) is 218 Å². The van der Waals surface area contributed by atoms with E-state index >= 15 is 0 Å². The van der Waals surface area contributed by atoms with Crippen molar-refractivity contribution in [2.24, 2.45) is 0 Å². The summed E-state index contributed by atoms with van der Waals surface area (Å²) in [5.74, 6) is -0.832. The monoisotopic (exact) mass is 813 g/mol. The van der Waals surface area contributed by atoms with Crippen molar-refractivity contribution in [2.45, 2.75) is 32.6 Å². The molecule has 0 radical (unpaired) electrons. The average Bonchev–Trinajstić information content (AvgIpc) is 3.14. The van der Waals surface area contributed by atoms with Gasteiger partial charge in [0.2, 0.25) is 41.4 Å². The van der Waals surface area contributed by atoms with E-state index in [2.05, 4.69) is 87.3 Å². The standard InChI is InChI=1S/C22H40N6O6S2.C9H19N3O2S2/c1-2-27(11-7-23-18(30)4-3-15-29)12-8-24-19(31)5-6-22(34)28(13-9-25-20(32)16-35)14-10-26-21(33)17-36;1-12(4-2-10-8(13)6-15)5-3-11-9(14)7-16/h15,35-36H,2-14,16-17H2,1H3,(H,23,30)(H,24,31)(H,25,32)(H,26,33);15-16H,2-7H2,1H3,(H,10,13)(H,11,14). The number of carbonyl (C=O) groups is 8. The second-order valence-electron chi connectivity index (χ2n) is 11.1. The van der Waals surface area contributed by atoms with Crippen LogP contribution < -0.4 is 31.9 Å². The van der Waals surface area contributed by atoms with Crippen LogP contribution in [-0.4, -0.2) is 177 Å². The van der Waals surface area contributed by atoms with E-state index in [4.69, 9.17) is 0 Å². The van der Waals surface area contributed by atoms with Gasteiger partial charge in [0.15, 0.2) is 0 Å². The molecule has 0 heterocycles. The zero-order chi connectivity index (χ0) is 39.6. The lowest BCUT2D eigenvalue weighted by atomic mass is 10.2. The van der Waals surface area contributed by atoms with Crippen molar-refractivity contribution in [2.75, 3.05) is 115 Å². The Kier molecular flexibility index (Phi) is 34.9. The molecule has 0 bridgehead atoms. The van der Waals surface area contributed by atoms with Gasteiger partial charge < -0.3 is 51.4 Å². The maximum atomic E-state index is 12.6. The molecule has 0 fully saturated rings. The molecular weight excluding hydrogens is 755 g/mol. The fourth-order valence-corrected chi connectivity index (χ4v) is 4.46. The van der Waals surface area contributed by atoms with Gasteiger partial charge in [0.1, 0.15) is 6.29 Å². The average molecular weight is 814 g/mol. The van der Waals surface area contributed by atoms with Crippen molar-refractivity contribution in [1.29, 1.82) is 0 Å². The Morgan fingerprint density at radius 3 is 1.21 bits per heavy atom. The fraction of sp³-hybridized carbons (Fsp3) is 0.742. The summed E-state index contributed by atoms with van der Waals surface area (Å²) in [5, 5.41) is 16.2. The first-order valence-corrected chi connectivity index (χ1v) is 19.6. The van der Waals surface area contributed by atoms with E-state index in [1.807, 2.05) is 18.9 Å². The van der Waals surface area contributed by atoms with E-state index in [9.17, 15) is 38.4 Å². The molecule has 0 aromatic carbocycles. The minimum absolute atomic E-state index is 0.00280. The predicted molar refractivity (Wildman–Crippen MR) is 214 cm³/mol. The van der Waals surface area contributed by atoms with Gasteiger partial charge in [-0.15, -0.1) is 0 Å². The van der Waals surface area contributed by atoms with Crippen molar-refractivity contribution >= 4 is 98.2 Å². The summed E-state index contributed by atoms with van der Waals surface area (Å²) in [6, 6.07) is 0. The summed E-state index contributed by atoms with van der Waals surface area (Å²) in [5.41, 5.74) is 0. The highest BCUT2D eigenvalue weighted by molar-refractivity contribution is 7.81. The number of hydrogen-bond donors (Lipinski definition) is 10. The number of nitrogens with one attached hydrogen (secondary N) is 6. The van der Waals surface area contributed by atoms with Crippen molar-refractivity contribution in [3.05, 3.63) is 0 Å². The Bertz CT molecular complexity index is 1040. The van der Waals surface area contributed by atoms with E-state index in [0.29, 0.717) is 45.6 Å². The molecule has 21 heteroatoms. The number of rotatable bonds is 29. The number of thiol groups is 4. The van der Waals surface area contributed by atoms with E-state index in [-0.39, 0.29) is 116 Å². The third kappa shape index (κ3) is 32.0. The minimum Gasteiger partial charge on any atom is -0.355 e. The third-order valence-corrected chi connectivity index (χ3v) is 8.12. The third-order valence-electron chi connectivity index (χ3n) is 6.97. The molecule has 17 nitrogen and oxygen atoms in total. The molecule has 0 aromatic heterocycles. The number of hydrogen-bond acceptors (Lipinski definition) is 14. The SMILES string of the molecule is CCN(CCNC(=O)CCC=O)CCNC(=O)CCC(=O)N(CCNC(=O)CS)CCNC(=O)CS.CN(CCNC(=O)CS)CCNC(=O)CS. The first-order chi connectivity index (χ1) is 24.9. The molecule has 0 rings (SSSR count). The molecule has 0 saturated carbocycles. The van der Waals surface area contributed by atoms with Crippen molar-refractivity contribution in [3.8, 4) is 0 Å². The van der Waals surface area contributed by atoms with E-state index < -0.39 is 0 Å². The highest BCUT2D eigenvalue weighted by atomic mass is 32.1. The molecule has 0 atom stereocenters. The molecule has 0 aliphatic rings. The van der Waals surface area contributed by atoms with Crippen LogP contribution >= 0.6 is 50.5 Å². The Labute approximate surface area is 329 Å². The zero-order valence-electron chi connectivity index (χ0n) is 30.3. The first-order valence-electron chi connectivity index (χ1n) is 17.0. The number of amides is 7. The van der Waals surface area contributed by atoms with Gasteiger partial charge in [-0.3, -0.25) is 33.6 Å². The zero-order valence-corrected chi connectivity index (χ0v) is 33.9. The van der Waals surface area contributed by atoms with Crippen molar-refractivity contribution in [3.63, 3.8) is 0 Å². The summed E-state index contributed by atoms with van der Waals surface area (Å²) in [6.45, 7) is 8.40. The maximum absolute atomic E-state index is 12.6. The number of aldehydes is 1. The summed E-state index contributed by atoms with van der Waals surface area (Å²) in [4.78, 5) is 96.7. The van der Waals surface area contributed by atoms with Crippen LogP contribution in [0.5, 0.6) is 0 Å². The lowest BCUT2D eigenvalue weighted by Crippen LogP contribution is -2.43. The Morgan fingerprint density at radius 1 is 0.500 bits per heavy atom. The molecular formula is C31H59N9O8S4. The highest BCUT2D eigenvalue weighted by Gasteiger charge is 2.16. The van der Waals surface area contributed by atoms with Crippen LogP contribution in [0.3, 0.4) is 0 Å². The molecule has 0 aromatic rings. The van der Waals surface area contributed by atoms with Crippen LogP contribution in [0.4, 0.5) is 0 Å². The van der Waals surface area contributed by atoms with Crippen molar-refractivity contribution < 1.29 is 38.4 Å². The van der Waals surface area contributed by atoms with Gasteiger partial charge >= 0.3 is 0 Å². The van der Waals surface area contributed by atoms with Gasteiger partial charge in [-0.2, -0.15) is 50.5 Å². The second kappa shape index (κ2) is 35.3. The number of carbonyl (C=O) groups excluding carboxylic acids is 8. The van der Waals surface area contributed by atoms with Crippen LogP contribution in [0, 0.1) is 0 Å². The largest absolute Gasteiger partial charge is 0.355 e. The van der Waals surface area contributed by atoms with Gasteiger partial charge in [0.05, 0.1) is 23.0 Å². The van der Waals surface area contributed by atoms with Gasteiger partial charge in [-0.25, -0.2) is 0 Å². The number of likely N-dealkylation sites (N-methyl/N-ethyl adjacent to an activating group) is 2. The van der Waals surface area contributed by atoms with Gasteiger partial charge in [-0.1, -0.05) is 6.92 Å². The van der Waals surface area contributed by atoms with Crippen LogP contribution in [0.2, 0.25) is 0 Å². The van der Waals surface area contributed by atoms with Crippen molar-refractivity contribution in [1.82, 2.24) is 46.6 Å². The fourth-order valence-electron chi connectivity index (χ4n) is 4.01. The van der Waals surface area contributed by atoms with Gasteiger partial charge in [0, 0.05) is 104 Å². The van der Waals surface area contributed by atoms with E-state index in [1.165, 1.54) is 4.90 Å². The van der Waals surface area contributed by atoms with Crippen LogP contribution in [0.1, 0.15) is 32.6 Å². The van der Waals surface area contributed by atoms with Gasteiger partial charge in [0.25, 0.3) is 0 Å². The second-order valence-corrected chi connectivity index (χ2v) is 12.3. The van der Waals surface area contributed by atoms with E-state index in [1.54, 1.807) is 0 Å². The highest BCUT2D eigenvalue weighted by Crippen LogP contribution is 1.99. The molecule has 0 spiro atoms. The molecule has 300 valence electrons. The number of nitrogens with zero attached hydrogens (tertiary/aromatic N) is 3. The molecule has 7 amide bonds. The maximum Gasteiger partial charge on any atom is 0.229 e. The summed E-state index contributed by atoms with van der Waals surface area (Å²) >= 11 is 15.5. The Balaban J connectivity index is 0. The normalized spacial score (nSPS) is 10.4. The summed E-state index contributed by atoms with van der Waals surface area (Å²) < 4.78 is 0. The summed E-state index contributed by atoms with van der Waals surface area (Å²) in [6.07, 6.45) is 1.10. The molecule has 0 unspecified atom stereocenters.